The van der Waals surface area contributed by atoms with Crippen molar-refractivity contribution in [3.8, 4) is 5.75 Å². The van der Waals surface area contributed by atoms with Gasteiger partial charge in [-0.25, -0.2) is 4.98 Å². The van der Waals surface area contributed by atoms with Gasteiger partial charge in [-0.3, -0.25) is 14.7 Å². The zero-order valence-electron chi connectivity index (χ0n) is 17.4. The molecule has 1 N–H and O–H groups in total. The molecule has 1 fully saturated rings. The van der Waals surface area contributed by atoms with Crippen molar-refractivity contribution in [2.45, 2.75) is 32.7 Å². The zero-order valence-corrected chi connectivity index (χ0v) is 17.4. The third-order valence-corrected chi connectivity index (χ3v) is 6.01. The second-order valence-corrected chi connectivity index (χ2v) is 8.14. The summed E-state index contributed by atoms with van der Waals surface area (Å²) in [5.41, 5.74) is 2.98. The molecule has 0 radical (unpaired) electrons. The highest BCUT2D eigenvalue weighted by Crippen LogP contribution is 2.22. The van der Waals surface area contributed by atoms with Crippen LogP contribution in [-0.4, -0.2) is 48.2 Å². The van der Waals surface area contributed by atoms with Crippen LogP contribution in [0.2, 0.25) is 0 Å². The minimum atomic E-state index is 0.0389. The number of methoxy groups -OCH3 is 1. The largest absolute Gasteiger partial charge is 0.497 e. The van der Waals surface area contributed by atoms with Gasteiger partial charge in [-0.05, 0) is 42.9 Å². The minimum Gasteiger partial charge on any atom is -0.497 e. The van der Waals surface area contributed by atoms with Crippen molar-refractivity contribution in [2.24, 2.45) is 5.92 Å². The van der Waals surface area contributed by atoms with Gasteiger partial charge >= 0.3 is 0 Å². The lowest BCUT2D eigenvalue weighted by atomic mass is 9.99. The Balaban J connectivity index is 1.41. The van der Waals surface area contributed by atoms with Crippen LogP contribution in [0, 0.1) is 5.92 Å². The van der Waals surface area contributed by atoms with Crippen LogP contribution in [0.25, 0.3) is 6.08 Å². The van der Waals surface area contributed by atoms with Gasteiger partial charge in [0.05, 0.1) is 12.8 Å². The highest BCUT2D eigenvalue weighted by atomic mass is 16.5. The second-order valence-electron chi connectivity index (χ2n) is 8.14. The Hall–Kier alpha value is -2.60. The highest BCUT2D eigenvalue weighted by Gasteiger charge is 2.23. The molecule has 4 rings (SSSR count). The van der Waals surface area contributed by atoms with Gasteiger partial charge in [-0.15, -0.1) is 0 Å². The summed E-state index contributed by atoms with van der Waals surface area (Å²) in [4.78, 5) is 25.0. The molecule has 0 unspecified atom stereocenters. The average molecular weight is 395 g/mol. The summed E-state index contributed by atoms with van der Waals surface area (Å²) in [6.45, 7) is 6.68. The number of rotatable bonds is 5. The van der Waals surface area contributed by atoms with E-state index in [0.29, 0.717) is 0 Å². The topological polar surface area (TPSA) is 61.5 Å². The summed E-state index contributed by atoms with van der Waals surface area (Å²) in [6, 6.07) is 8.03. The number of H-pyrrole nitrogens is 1. The van der Waals surface area contributed by atoms with E-state index in [1.807, 2.05) is 24.3 Å². The second kappa shape index (κ2) is 8.82. The number of piperidine rings is 1. The number of fused-ring (bicyclic) bond motifs is 1. The maximum atomic E-state index is 12.6. The van der Waals surface area contributed by atoms with E-state index in [1.165, 1.54) is 0 Å². The predicted octanol–water partition coefficient (Wildman–Crippen LogP) is 3.09. The standard InChI is InChI=1S/C23H30N4O2/c1-17-9-14-27(15-10-17)23-24-21-16-26(13-11-20(21)22(28)25-23)12-3-4-18-5-7-19(29-2)8-6-18/h3-8,17H,9-16H2,1-2H3,(H,24,25,28). The number of ether oxygens (including phenoxy) is 1. The first-order valence-corrected chi connectivity index (χ1v) is 10.5. The van der Waals surface area contributed by atoms with Crippen molar-refractivity contribution in [1.29, 1.82) is 0 Å². The molecule has 3 heterocycles. The molecule has 154 valence electrons. The number of hydrogen-bond acceptors (Lipinski definition) is 5. The van der Waals surface area contributed by atoms with Crippen LogP contribution in [0.3, 0.4) is 0 Å². The Labute approximate surface area is 172 Å². The minimum absolute atomic E-state index is 0.0389. The first-order chi connectivity index (χ1) is 14.1. The molecule has 2 aliphatic heterocycles. The molecule has 0 amide bonds. The Morgan fingerprint density at radius 3 is 2.69 bits per heavy atom. The van der Waals surface area contributed by atoms with Crippen molar-refractivity contribution < 1.29 is 4.74 Å². The lowest BCUT2D eigenvalue weighted by Gasteiger charge is -2.32. The number of anilines is 1. The summed E-state index contributed by atoms with van der Waals surface area (Å²) in [7, 11) is 1.68. The molecule has 0 saturated carbocycles. The Morgan fingerprint density at radius 1 is 1.21 bits per heavy atom. The van der Waals surface area contributed by atoms with E-state index in [9.17, 15) is 4.79 Å². The smallest absolute Gasteiger partial charge is 0.255 e. The lowest BCUT2D eigenvalue weighted by molar-refractivity contribution is 0.276. The van der Waals surface area contributed by atoms with Gasteiger partial charge < -0.3 is 9.64 Å². The fourth-order valence-electron chi connectivity index (χ4n) is 4.06. The predicted molar refractivity (Wildman–Crippen MR) is 116 cm³/mol. The lowest BCUT2D eigenvalue weighted by Crippen LogP contribution is -2.39. The number of aromatic amines is 1. The summed E-state index contributed by atoms with van der Waals surface area (Å²) in [5, 5.41) is 0. The highest BCUT2D eigenvalue weighted by molar-refractivity contribution is 5.50. The number of benzene rings is 1. The molecule has 0 atom stereocenters. The maximum Gasteiger partial charge on any atom is 0.255 e. The summed E-state index contributed by atoms with van der Waals surface area (Å²) in [6.07, 6.45) is 7.37. The molecule has 2 aromatic rings. The van der Waals surface area contributed by atoms with E-state index in [4.69, 9.17) is 9.72 Å². The molecule has 6 heteroatoms. The number of hydrogen-bond donors (Lipinski definition) is 1. The van der Waals surface area contributed by atoms with Crippen LogP contribution in [0.15, 0.2) is 35.1 Å². The van der Waals surface area contributed by atoms with Crippen LogP contribution in [-0.2, 0) is 13.0 Å². The summed E-state index contributed by atoms with van der Waals surface area (Å²) < 4.78 is 5.20. The van der Waals surface area contributed by atoms with Gasteiger partial charge in [-0.2, -0.15) is 0 Å². The fraction of sp³-hybridized carbons (Fsp3) is 0.478. The van der Waals surface area contributed by atoms with Gasteiger partial charge in [0.1, 0.15) is 5.75 Å². The maximum absolute atomic E-state index is 12.6. The first-order valence-electron chi connectivity index (χ1n) is 10.5. The van der Waals surface area contributed by atoms with Crippen LogP contribution in [0.5, 0.6) is 5.75 Å². The van der Waals surface area contributed by atoms with Crippen molar-refractivity contribution >= 4 is 12.0 Å². The van der Waals surface area contributed by atoms with Crippen molar-refractivity contribution in [1.82, 2.24) is 14.9 Å². The third kappa shape index (κ3) is 4.70. The van der Waals surface area contributed by atoms with Gasteiger partial charge in [0.25, 0.3) is 5.56 Å². The molecule has 0 spiro atoms. The average Bonchev–Trinajstić information content (AvgIpc) is 2.74. The molecule has 0 bridgehead atoms. The van der Waals surface area contributed by atoms with Gasteiger partial charge in [0, 0.05) is 38.3 Å². The molecular weight excluding hydrogens is 364 g/mol. The quantitative estimate of drug-likeness (QED) is 0.844. The molecule has 0 aliphatic carbocycles. The van der Waals surface area contributed by atoms with Crippen molar-refractivity contribution in [2.75, 3.05) is 38.2 Å². The van der Waals surface area contributed by atoms with Crippen LogP contribution in [0.1, 0.15) is 36.6 Å². The molecule has 29 heavy (non-hydrogen) atoms. The van der Waals surface area contributed by atoms with E-state index in [1.54, 1.807) is 7.11 Å². The van der Waals surface area contributed by atoms with Crippen LogP contribution < -0.4 is 15.2 Å². The molecule has 1 aromatic heterocycles. The molecule has 6 nitrogen and oxygen atoms in total. The summed E-state index contributed by atoms with van der Waals surface area (Å²) in [5.74, 6) is 2.37. The van der Waals surface area contributed by atoms with E-state index >= 15 is 0 Å². The molecule has 1 saturated heterocycles. The molecule has 1 aromatic carbocycles. The van der Waals surface area contributed by atoms with Gasteiger partial charge in [-0.1, -0.05) is 31.2 Å². The molecule has 2 aliphatic rings. The SMILES string of the molecule is COc1ccc(C=CCN2CCc3c(nc(N4CCC(C)CC4)[nH]c3=O)C2)cc1. The number of aromatic nitrogens is 2. The Morgan fingerprint density at radius 2 is 1.97 bits per heavy atom. The first kappa shape index (κ1) is 19.7. The number of nitrogens with zero attached hydrogens (tertiary/aromatic N) is 3. The normalized spacial score (nSPS) is 18.2. The van der Waals surface area contributed by atoms with Crippen LogP contribution in [0.4, 0.5) is 5.95 Å². The third-order valence-electron chi connectivity index (χ3n) is 6.01. The van der Waals surface area contributed by atoms with Crippen LogP contribution >= 0.6 is 0 Å². The monoisotopic (exact) mass is 394 g/mol. The van der Waals surface area contributed by atoms with Crippen molar-refractivity contribution in [3.63, 3.8) is 0 Å². The van der Waals surface area contributed by atoms with E-state index in [-0.39, 0.29) is 5.56 Å². The zero-order chi connectivity index (χ0) is 20.2. The van der Waals surface area contributed by atoms with Gasteiger partial charge in [0.2, 0.25) is 5.95 Å². The molecular formula is C23H30N4O2. The summed E-state index contributed by atoms with van der Waals surface area (Å²) >= 11 is 0. The van der Waals surface area contributed by atoms with Crippen molar-refractivity contribution in [3.05, 3.63) is 57.5 Å². The van der Waals surface area contributed by atoms with Gasteiger partial charge in [0.15, 0.2) is 0 Å². The fourth-order valence-corrected chi connectivity index (χ4v) is 4.06. The number of nitrogens with one attached hydrogen (secondary N) is 1. The van der Waals surface area contributed by atoms with E-state index in [0.717, 1.165) is 86.4 Å². The van der Waals surface area contributed by atoms with E-state index < -0.39 is 0 Å². The Bertz CT molecular complexity index is 911. The Kier molecular flexibility index (Phi) is 6.00. The van der Waals surface area contributed by atoms with E-state index in [2.05, 4.69) is 33.9 Å².